The minimum atomic E-state index is -0.607. The van der Waals surface area contributed by atoms with Crippen LogP contribution in [-0.4, -0.2) is 21.9 Å². The minimum absolute atomic E-state index is 0.221. The first-order valence-corrected chi connectivity index (χ1v) is 7.08. The van der Waals surface area contributed by atoms with Gasteiger partial charge in [0.15, 0.2) is 0 Å². The van der Waals surface area contributed by atoms with Crippen LogP contribution in [0.3, 0.4) is 0 Å². The monoisotopic (exact) mass is 307 g/mol. The molecule has 2 rings (SSSR count). The minimum Gasteiger partial charge on any atom is -0.354 e. The van der Waals surface area contributed by atoms with Gasteiger partial charge in [-0.1, -0.05) is 6.07 Å². The molecule has 0 fully saturated rings. The number of amides is 1. The first-order valence-electron chi connectivity index (χ1n) is 6.20. The molecule has 1 amide bonds. The molecular formula is C13H13N3O4S. The number of nitrogens with one attached hydrogen (secondary N) is 1. The second kappa shape index (κ2) is 6.80. The van der Waals surface area contributed by atoms with Crippen LogP contribution in [0.15, 0.2) is 40.6 Å². The van der Waals surface area contributed by atoms with Gasteiger partial charge in [0, 0.05) is 23.6 Å². The summed E-state index contributed by atoms with van der Waals surface area (Å²) in [5.41, 5.74) is -0.671. The molecule has 1 N–H and O–H groups in total. The lowest BCUT2D eigenvalue weighted by atomic mass is 10.3. The summed E-state index contributed by atoms with van der Waals surface area (Å²) in [7, 11) is 0. The van der Waals surface area contributed by atoms with Crippen molar-refractivity contribution in [3.63, 3.8) is 0 Å². The zero-order valence-electron chi connectivity index (χ0n) is 11.0. The van der Waals surface area contributed by atoms with E-state index in [1.165, 1.54) is 0 Å². The van der Waals surface area contributed by atoms with E-state index in [0.717, 1.165) is 27.8 Å². The predicted octanol–water partition coefficient (Wildman–Crippen LogP) is 1.18. The van der Waals surface area contributed by atoms with Crippen LogP contribution in [0, 0.1) is 10.1 Å². The molecule has 0 bridgehead atoms. The molecular weight excluding hydrogens is 294 g/mol. The highest BCUT2D eigenvalue weighted by Gasteiger charge is 2.10. The van der Waals surface area contributed by atoms with Gasteiger partial charge < -0.3 is 5.32 Å². The van der Waals surface area contributed by atoms with Gasteiger partial charge in [-0.2, -0.15) is 0 Å². The van der Waals surface area contributed by atoms with Crippen LogP contribution in [0.25, 0.3) is 0 Å². The van der Waals surface area contributed by atoms with Gasteiger partial charge in [-0.15, -0.1) is 11.3 Å². The molecule has 2 aromatic heterocycles. The van der Waals surface area contributed by atoms with E-state index in [-0.39, 0.29) is 18.1 Å². The van der Waals surface area contributed by atoms with Crippen molar-refractivity contribution >= 4 is 22.9 Å². The van der Waals surface area contributed by atoms with Crippen LogP contribution in [0.5, 0.6) is 0 Å². The van der Waals surface area contributed by atoms with E-state index in [4.69, 9.17) is 0 Å². The highest BCUT2D eigenvalue weighted by Crippen LogP contribution is 2.08. The van der Waals surface area contributed by atoms with E-state index in [2.05, 4.69) is 5.32 Å². The molecule has 0 unspecified atom stereocenters. The Morgan fingerprint density at radius 3 is 2.86 bits per heavy atom. The zero-order chi connectivity index (χ0) is 15.2. The molecule has 0 aliphatic rings. The maximum absolute atomic E-state index is 11.7. The summed E-state index contributed by atoms with van der Waals surface area (Å²) in [6, 6.07) is 6.11. The van der Waals surface area contributed by atoms with Crippen molar-refractivity contribution in [2.75, 3.05) is 6.54 Å². The molecule has 0 spiro atoms. The van der Waals surface area contributed by atoms with Crippen molar-refractivity contribution in [1.82, 2.24) is 9.88 Å². The van der Waals surface area contributed by atoms with Gasteiger partial charge >= 0.3 is 0 Å². The molecule has 8 heteroatoms. The SMILES string of the molecule is O=C(Cn1cc([N+](=O)[O-])ccc1=O)NCCc1cccs1. The summed E-state index contributed by atoms with van der Waals surface area (Å²) in [5.74, 6) is -0.353. The number of hydrogen-bond donors (Lipinski definition) is 1. The maximum atomic E-state index is 11.7. The summed E-state index contributed by atoms with van der Waals surface area (Å²) in [6.45, 7) is 0.230. The van der Waals surface area contributed by atoms with Gasteiger partial charge in [-0.05, 0) is 17.9 Å². The maximum Gasteiger partial charge on any atom is 0.285 e. The third-order valence-corrected chi connectivity index (χ3v) is 3.70. The van der Waals surface area contributed by atoms with Crippen molar-refractivity contribution in [3.05, 3.63) is 61.2 Å². The quantitative estimate of drug-likeness (QED) is 0.640. The van der Waals surface area contributed by atoms with Crippen molar-refractivity contribution in [1.29, 1.82) is 0 Å². The number of hydrogen-bond acceptors (Lipinski definition) is 5. The number of nitrogens with zero attached hydrogens (tertiary/aromatic N) is 2. The van der Waals surface area contributed by atoms with E-state index in [0.29, 0.717) is 13.0 Å². The van der Waals surface area contributed by atoms with Gasteiger partial charge in [-0.25, -0.2) is 0 Å². The van der Waals surface area contributed by atoms with E-state index < -0.39 is 10.5 Å². The van der Waals surface area contributed by atoms with E-state index in [1.54, 1.807) is 11.3 Å². The Kier molecular flexibility index (Phi) is 4.83. The summed E-state index contributed by atoms with van der Waals surface area (Å²) >= 11 is 1.60. The Balaban J connectivity index is 1.91. The Labute approximate surface area is 124 Å². The smallest absolute Gasteiger partial charge is 0.285 e. The fourth-order valence-electron chi connectivity index (χ4n) is 1.74. The van der Waals surface area contributed by atoms with Crippen LogP contribution >= 0.6 is 11.3 Å². The van der Waals surface area contributed by atoms with Crippen molar-refractivity contribution in [2.45, 2.75) is 13.0 Å². The lowest BCUT2D eigenvalue weighted by molar-refractivity contribution is -0.385. The third kappa shape index (κ3) is 4.25. The molecule has 0 aliphatic carbocycles. The highest BCUT2D eigenvalue weighted by atomic mass is 32.1. The molecule has 21 heavy (non-hydrogen) atoms. The molecule has 0 aromatic carbocycles. The summed E-state index contributed by atoms with van der Waals surface area (Å²) in [5, 5.41) is 15.3. The number of carbonyl (C=O) groups is 1. The second-order valence-electron chi connectivity index (χ2n) is 4.29. The average Bonchev–Trinajstić information content (AvgIpc) is 2.94. The summed E-state index contributed by atoms with van der Waals surface area (Å²) in [4.78, 5) is 34.5. The molecule has 2 heterocycles. The molecule has 2 aromatic rings. The molecule has 0 aliphatic heterocycles. The molecule has 0 atom stereocenters. The van der Waals surface area contributed by atoms with Gasteiger partial charge in [0.2, 0.25) is 5.91 Å². The van der Waals surface area contributed by atoms with Crippen LogP contribution in [0.2, 0.25) is 0 Å². The lowest BCUT2D eigenvalue weighted by Gasteiger charge is -2.06. The van der Waals surface area contributed by atoms with Crippen molar-refractivity contribution < 1.29 is 9.72 Å². The normalized spacial score (nSPS) is 10.3. The van der Waals surface area contributed by atoms with E-state index >= 15 is 0 Å². The van der Waals surface area contributed by atoms with Crippen LogP contribution in [0.1, 0.15) is 4.88 Å². The van der Waals surface area contributed by atoms with E-state index in [1.807, 2.05) is 17.5 Å². The van der Waals surface area contributed by atoms with Gasteiger partial charge in [0.05, 0.1) is 11.1 Å². The standard InChI is InChI=1S/C13H13N3O4S/c17-12(14-6-5-11-2-1-7-21-11)9-15-8-10(16(19)20)3-4-13(15)18/h1-4,7-8H,5-6,9H2,(H,14,17). The Morgan fingerprint density at radius 2 is 2.19 bits per heavy atom. The Hall–Kier alpha value is -2.48. The zero-order valence-corrected chi connectivity index (χ0v) is 11.8. The third-order valence-electron chi connectivity index (χ3n) is 2.77. The summed E-state index contributed by atoms with van der Waals surface area (Å²) < 4.78 is 1.03. The Bertz CT molecular complexity index is 694. The fraction of sp³-hybridized carbons (Fsp3) is 0.231. The molecule has 0 saturated heterocycles. The number of thiophene rings is 1. The average molecular weight is 307 g/mol. The van der Waals surface area contributed by atoms with Crippen LogP contribution in [-0.2, 0) is 17.8 Å². The second-order valence-corrected chi connectivity index (χ2v) is 5.32. The number of rotatable bonds is 6. The lowest BCUT2D eigenvalue weighted by Crippen LogP contribution is -2.33. The number of aromatic nitrogens is 1. The molecule has 0 radical (unpaired) electrons. The highest BCUT2D eigenvalue weighted by molar-refractivity contribution is 7.09. The van der Waals surface area contributed by atoms with Crippen molar-refractivity contribution in [3.8, 4) is 0 Å². The number of nitro groups is 1. The predicted molar refractivity (Wildman–Crippen MR) is 78.4 cm³/mol. The van der Waals surface area contributed by atoms with Crippen molar-refractivity contribution in [2.24, 2.45) is 0 Å². The first-order chi connectivity index (χ1) is 10.1. The summed E-state index contributed by atoms with van der Waals surface area (Å²) in [6.07, 6.45) is 1.79. The molecule has 7 nitrogen and oxygen atoms in total. The largest absolute Gasteiger partial charge is 0.354 e. The molecule has 0 saturated carbocycles. The van der Waals surface area contributed by atoms with Crippen LogP contribution < -0.4 is 10.9 Å². The van der Waals surface area contributed by atoms with Gasteiger partial charge in [-0.3, -0.25) is 24.3 Å². The Morgan fingerprint density at radius 1 is 1.38 bits per heavy atom. The van der Waals surface area contributed by atoms with Gasteiger partial charge in [0.1, 0.15) is 6.54 Å². The molecule has 110 valence electrons. The number of pyridine rings is 1. The van der Waals surface area contributed by atoms with Gasteiger partial charge in [0.25, 0.3) is 11.2 Å². The van der Waals surface area contributed by atoms with E-state index in [9.17, 15) is 19.7 Å². The fourth-order valence-corrected chi connectivity index (χ4v) is 2.45. The first kappa shape index (κ1) is 14.9. The topological polar surface area (TPSA) is 94.2 Å². The van der Waals surface area contributed by atoms with Crippen LogP contribution in [0.4, 0.5) is 5.69 Å². The number of carbonyl (C=O) groups excluding carboxylic acids is 1.